The second-order valence-corrected chi connectivity index (χ2v) is 7.45. The lowest BCUT2D eigenvalue weighted by atomic mass is 9.92. The highest BCUT2D eigenvalue weighted by Crippen LogP contribution is 2.24. The smallest absolute Gasteiger partial charge is 0.372 e. The van der Waals surface area contributed by atoms with Gasteiger partial charge in [0.1, 0.15) is 0 Å². The molecule has 2 rings (SSSR count). The van der Waals surface area contributed by atoms with Gasteiger partial charge in [0, 0.05) is 13.1 Å². The molecule has 1 aromatic carbocycles. The van der Waals surface area contributed by atoms with E-state index in [0.717, 1.165) is 6.26 Å². The van der Waals surface area contributed by atoms with Crippen LogP contribution in [0, 0.1) is 5.92 Å². The summed E-state index contributed by atoms with van der Waals surface area (Å²) in [5, 5.41) is 0. The van der Waals surface area contributed by atoms with E-state index in [1.165, 1.54) is 4.90 Å². The van der Waals surface area contributed by atoms with Crippen molar-refractivity contribution in [2.75, 3.05) is 19.3 Å². The number of nitrogens with zero attached hydrogens (tertiary/aromatic N) is 1. The predicted molar refractivity (Wildman–Crippen MR) is 86.9 cm³/mol. The van der Waals surface area contributed by atoms with Gasteiger partial charge in [0.2, 0.25) is 0 Å². The van der Waals surface area contributed by atoms with Crippen molar-refractivity contribution in [3.63, 3.8) is 0 Å². The topological polar surface area (TPSA) is 90.0 Å². The molecule has 8 heteroatoms. The van der Waals surface area contributed by atoms with Crippen molar-refractivity contribution in [1.82, 2.24) is 4.90 Å². The number of carbonyl (C=O) groups is 2. The third-order valence-electron chi connectivity index (χ3n) is 3.98. The summed E-state index contributed by atoms with van der Waals surface area (Å²) in [5.41, 5.74) is 0.316. The van der Waals surface area contributed by atoms with Crippen LogP contribution in [-0.4, -0.2) is 50.8 Å². The van der Waals surface area contributed by atoms with Gasteiger partial charge in [0.15, 0.2) is 0 Å². The van der Waals surface area contributed by atoms with E-state index in [1.807, 2.05) is 0 Å². The zero-order valence-corrected chi connectivity index (χ0v) is 14.5. The highest BCUT2D eigenvalue weighted by Gasteiger charge is 2.30. The van der Waals surface area contributed by atoms with Gasteiger partial charge in [-0.1, -0.05) is 18.2 Å². The standard InChI is InChI=1S/C16H21NO6S/c1-12(23-24(2,20)21)13-8-10-17(11-9-13)16(19)22-15(18)14-6-4-3-5-7-14/h3-7,12-13H,8-11H2,1-2H3. The van der Waals surface area contributed by atoms with Gasteiger partial charge in [0.25, 0.3) is 10.1 Å². The van der Waals surface area contributed by atoms with Crippen LogP contribution >= 0.6 is 0 Å². The first kappa shape index (κ1) is 18.4. The average Bonchev–Trinajstić information content (AvgIpc) is 2.54. The fourth-order valence-electron chi connectivity index (χ4n) is 2.68. The molecule has 0 spiro atoms. The molecule has 1 aliphatic heterocycles. The van der Waals surface area contributed by atoms with E-state index >= 15 is 0 Å². The zero-order chi connectivity index (χ0) is 17.7. The largest absolute Gasteiger partial charge is 0.417 e. The van der Waals surface area contributed by atoms with Gasteiger partial charge < -0.3 is 9.64 Å². The Balaban J connectivity index is 1.83. The van der Waals surface area contributed by atoms with Gasteiger partial charge in [-0.15, -0.1) is 0 Å². The van der Waals surface area contributed by atoms with E-state index in [1.54, 1.807) is 37.3 Å². The van der Waals surface area contributed by atoms with E-state index in [9.17, 15) is 18.0 Å². The number of benzene rings is 1. The van der Waals surface area contributed by atoms with Crippen LogP contribution in [0.1, 0.15) is 30.1 Å². The molecule has 0 saturated carbocycles. The van der Waals surface area contributed by atoms with Crippen molar-refractivity contribution in [3.8, 4) is 0 Å². The van der Waals surface area contributed by atoms with Crippen LogP contribution in [0.4, 0.5) is 4.79 Å². The van der Waals surface area contributed by atoms with Crippen LogP contribution in [0.3, 0.4) is 0 Å². The lowest BCUT2D eigenvalue weighted by molar-refractivity contribution is 0.0460. The number of esters is 1. The molecule has 1 aliphatic rings. The molecule has 7 nitrogen and oxygen atoms in total. The van der Waals surface area contributed by atoms with Gasteiger partial charge in [-0.3, -0.25) is 4.18 Å². The average molecular weight is 355 g/mol. The van der Waals surface area contributed by atoms with Crippen molar-refractivity contribution in [3.05, 3.63) is 35.9 Å². The highest BCUT2D eigenvalue weighted by molar-refractivity contribution is 7.86. The molecule has 0 aliphatic carbocycles. The van der Waals surface area contributed by atoms with Crippen LogP contribution in [0.2, 0.25) is 0 Å². The SMILES string of the molecule is CC(OS(C)(=O)=O)C1CCN(C(=O)OC(=O)c2ccccc2)CC1. The van der Waals surface area contributed by atoms with E-state index in [0.29, 0.717) is 31.5 Å². The Morgan fingerprint density at radius 1 is 1.17 bits per heavy atom. The van der Waals surface area contributed by atoms with E-state index in [4.69, 9.17) is 8.92 Å². The van der Waals surface area contributed by atoms with Gasteiger partial charge in [-0.05, 0) is 37.8 Å². The van der Waals surface area contributed by atoms with Crippen LogP contribution < -0.4 is 0 Å². The fraction of sp³-hybridized carbons (Fsp3) is 0.500. The Bertz CT molecular complexity index is 680. The molecule has 1 heterocycles. The van der Waals surface area contributed by atoms with Crippen molar-refractivity contribution >= 4 is 22.2 Å². The minimum Gasteiger partial charge on any atom is -0.372 e. The number of hydrogen-bond acceptors (Lipinski definition) is 6. The van der Waals surface area contributed by atoms with Crippen LogP contribution in [-0.2, 0) is 19.0 Å². The number of rotatable bonds is 4. The Morgan fingerprint density at radius 3 is 2.29 bits per heavy atom. The molecule has 132 valence electrons. The Morgan fingerprint density at radius 2 is 1.75 bits per heavy atom. The number of carbonyl (C=O) groups excluding carboxylic acids is 2. The molecule has 0 N–H and O–H groups in total. The summed E-state index contributed by atoms with van der Waals surface area (Å²) in [4.78, 5) is 25.4. The molecule has 1 atom stereocenters. The van der Waals surface area contributed by atoms with E-state index in [2.05, 4.69) is 0 Å². The monoisotopic (exact) mass is 355 g/mol. The lowest BCUT2D eigenvalue weighted by Gasteiger charge is -2.33. The second-order valence-electron chi connectivity index (χ2n) is 5.85. The summed E-state index contributed by atoms with van der Waals surface area (Å²) in [6.45, 7) is 2.49. The fourth-order valence-corrected chi connectivity index (χ4v) is 3.39. The summed E-state index contributed by atoms with van der Waals surface area (Å²) in [5.74, 6) is -0.648. The Hall–Kier alpha value is -1.93. The summed E-state index contributed by atoms with van der Waals surface area (Å²) in [6.07, 6.45) is 1.07. The summed E-state index contributed by atoms with van der Waals surface area (Å²) in [7, 11) is -3.50. The number of likely N-dealkylation sites (tertiary alicyclic amines) is 1. The molecule has 1 fully saturated rings. The number of ether oxygens (including phenoxy) is 1. The van der Waals surface area contributed by atoms with Gasteiger partial charge in [-0.2, -0.15) is 8.42 Å². The normalized spacial score (nSPS) is 17.3. The van der Waals surface area contributed by atoms with Crippen LogP contribution in [0.25, 0.3) is 0 Å². The Labute approximate surface area is 141 Å². The van der Waals surface area contributed by atoms with E-state index < -0.39 is 28.3 Å². The van der Waals surface area contributed by atoms with Crippen LogP contribution in [0.5, 0.6) is 0 Å². The molecule has 24 heavy (non-hydrogen) atoms. The van der Waals surface area contributed by atoms with Gasteiger partial charge in [0.05, 0.1) is 17.9 Å². The Kier molecular flexibility index (Phi) is 5.95. The molecule has 1 aromatic rings. The van der Waals surface area contributed by atoms with Crippen molar-refractivity contribution in [1.29, 1.82) is 0 Å². The third kappa shape index (κ3) is 5.31. The molecule has 0 radical (unpaired) electrons. The number of piperidine rings is 1. The first-order valence-electron chi connectivity index (χ1n) is 7.70. The van der Waals surface area contributed by atoms with Crippen molar-refractivity contribution in [2.24, 2.45) is 5.92 Å². The maximum atomic E-state index is 12.0. The molecule has 1 saturated heterocycles. The molecule has 0 bridgehead atoms. The number of hydrogen-bond donors (Lipinski definition) is 0. The summed E-state index contributed by atoms with van der Waals surface area (Å²) >= 11 is 0. The summed E-state index contributed by atoms with van der Waals surface area (Å²) in [6, 6.07) is 8.30. The van der Waals surface area contributed by atoms with Gasteiger partial charge in [-0.25, -0.2) is 9.59 Å². The van der Waals surface area contributed by atoms with Crippen molar-refractivity contribution < 1.29 is 26.9 Å². The van der Waals surface area contributed by atoms with Crippen LogP contribution in [0.15, 0.2) is 30.3 Å². The first-order chi connectivity index (χ1) is 11.3. The van der Waals surface area contributed by atoms with Gasteiger partial charge >= 0.3 is 12.1 Å². The quantitative estimate of drug-likeness (QED) is 0.466. The maximum Gasteiger partial charge on any atom is 0.417 e. The third-order valence-corrected chi connectivity index (χ3v) is 4.63. The molecule has 1 amide bonds. The maximum absolute atomic E-state index is 12.0. The lowest BCUT2D eigenvalue weighted by Crippen LogP contribution is -2.42. The summed E-state index contributed by atoms with van der Waals surface area (Å²) < 4.78 is 32.2. The van der Waals surface area contributed by atoms with E-state index in [-0.39, 0.29) is 5.92 Å². The van der Waals surface area contributed by atoms with Crippen molar-refractivity contribution in [2.45, 2.75) is 25.9 Å². The second kappa shape index (κ2) is 7.76. The zero-order valence-electron chi connectivity index (χ0n) is 13.7. The minimum atomic E-state index is -3.50. The first-order valence-corrected chi connectivity index (χ1v) is 9.52. The number of amides is 1. The molecular formula is C16H21NO6S. The highest BCUT2D eigenvalue weighted by atomic mass is 32.2. The predicted octanol–water partition coefficient (Wildman–Crippen LogP) is 2.04. The molecular weight excluding hydrogens is 334 g/mol. The molecule has 1 unspecified atom stereocenters. The minimum absolute atomic E-state index is 0.0357. The molecule has 0 aromatic heterocycles.